The highest BCUT2D eigenvalue weighted by molar-refractivity contribution is 6.32. The fraction of sp³-hybridized carbons (Fsp3) is 0.316. The maximum atomic E-state index is 12.2. The van der Waals surface area contributed by atoms with Crippen LogP contribution < -0.4 is 5.32 Å². The minimum Gasteiger partial charge on any atom is -0.379 e. The van der Waals surface area contributed by atoms with E-state index in [-0.39, 0.29) is 22.2 Å². The van der Waals surface area contributed by atoms with E-state index in [2.05, 4.69) is 10.2 Å². The van der Waals surface area contributed by atoms with E-state index in [1.165, 1.54) is 23.8 Å². The number of nitrogens with zero attached hydrogens (tertiary/aromatic N) is 2. The second-order valence-corrected chi connectivity index (χ2v) is 6.72. The average Bonchev–Trinajstić information content (AvgIpc) is 2.68. The molecule has 0 bridgehead atoms. The summed E-state index contributed by atoms with van der Waals surface area (Å²) in [6.45, 7) is 4.63. The van der Waals surface area contributed by atoms with Crippen molar-refractivity contribution in [2.75, 3.05) is 26.3 Å². The molecule has 1 amide bonds. The van der Waals surface area contributed by atoms with Gasteiger partial charge in [-0.15, -0.1) is 0 Å². The van der Waals surface area contributed by atoms with E-state index in [4.69, 9.17) is 16.3 Å². The first-order chi connectivity index (χ1) is 13.0. The Bertz CT molecular complexity index is 820. The minimum absolute atomic E-state index is 0.00686. The van der Waals surface area contributed by atoms with Crippen molar-refractivity contribution in [2.24, 2.45) is 0 Å². The van der Waals surface area contributed by atoms with Crippen molar-refractivity contribution >= 4 is 23.2 Å². The van der Waals surface area contributed by atoms with Gasteiger partial charge in [0, 0.05) is 37.8 Å². The third-order valence-electron chi connectivity index (χ3n) is 4.39. The number of amides is 1. The Morgan fingerprint density at radius 3 is 2.48 bits per heavy atom. The quantitative estimate of drug-likeness (QED) is 0.606. The zero-order valence-corrected chi connectivity index (χ0v) is 15.4. The van der Waals surface area contributed by atoms with Crippen molar-refractivity contribution in [3.05, 3.63) is 74.3 Å². The van der Waals surface area contributed by atoms with Crippen molar-refractivity contribution in [2.45, 2.75) is 13.1 Å². The molecule has 8 heteroatoms. The summed E-state index contributed by atoms with van der Waals surface area (Å²) in [5.41, 5.74) is 2.09. The van der Waals surface area contributed by atoms with Gasteiger partial charge in [0.1, 0.15) is 5.02 Å². The maximum Gasteiger partial charge on any atom is 0.288 e. The summed E-state index contributed by atoms with van der Waals surface area (Å²) in [4.78, 5) is 24.9. The van der Waals surface area contributed by atoms with E-state index < -0.39 is 4.92 Å². The lowest BCUT2D eigenvalue weighted by molar-refractivity contribution is -0.384. The predicted molar refractivity (Wildman–Crippen MR) is 102 cm³/mol. The molecule has 0 aromatic heterocycles. The Hall–Kier alpha value is -2.48. The highest BCUT2D eigenvalue weighted by Gasteiger charge is 2.16. The molecule has 1 saturated heterocycles. The summed E-state index contributed by atoms with van der Waals surface area (Å²) in [5.74, 6) is -0.382. The van der Waals surface area contributed by atoms with Crippen molar-refractivity contribution in [1.29, 1.82) is 0 Å². The summed E-state index contributed by atoms with van der Waals surface area (Å²) < 4.78 is 5.35. The lowest BCUT2D eigenvalue weighted by atomic mass is 10.1. The molecular formula is C19H20ClN3O4. The molecule has 1 fully saturated rings. The number of halogens is 1. The molecule has 0 aliphatic carbocycles. The third kappa shape index (κ3) is 5.26. The normalized spacial score (nSPS) is 14.7. The molecule has 1 aliphatic rings. The van der Waals surface area contributed by atoms with Crippen LogP contribution in [-0.2, 0) is 17.8 Å². The van der Waals surface area contributed by atoms with E-state index >= 15 is 0 Å². The van der Waals surface area contributed by atoms with Gasteiger partial charge in [-0.3, -0.25) is 19.8 Å². The number of ether oxygens (including phenoxy) is 1. The molecular weight excluding hydrogens is 370 g/mol. The zero-order valence-electron chi connectivity index (χ0n) is 14.7. The summed E-state index contributed by atoms with van der Waals surface area (Å²) >= 11 is 5.77. The van der Waals surface area contributed by atoms with Gasteiger partial charge in [-0.05, 0) is 23.3 Å². The number of nitro benzene ring substituents is 1. The van der Waals surface area contributed by atoms with Crippen molar-refractivity contribution in [1.82, 2.24) is 10.2 Å². The first-order valence-corrected chi connectivity index (χ1v) is 9.01. The number of carbonyl (C=O) groups is 1. The SMILES string of the molecule is O=C(NCc1ccc(CN2CCOCC2)cc1)c1ccc(Cl)c([N+](=O)[O-])c1. The average molecular weight is 390 g/mol. The molecule has 2 aromatic carbocycles. The van der Waals surface area contributed by atoms with Crippen LogP contribution in [-0.4, -0.2) is 42.0 Å². The number of morpholine rings is 1. The summed E-state index contributed by atoms with van der Waals surface area (Å²) in [5, 5.41) is 13.7. The fourth-order valence-corrected chi connectivity index (χ4v) is 3.04. The number of hydrogen-bond donors (Lipinski definition) is 1. The van der Waals surface area contributed by atoms with Crippen LogP contribution in [0.5, 0.6) is 0 Å². The second-order valence-electron chi connectivity index (χ2n) is 6.31. The molecule has 1 N–H and O–H groups in total. The molecule has 1 aliphatic heterocycles. The molecule has 2 aromatic rings. The van der Waals surface area contributed by atoms with Gasteiger partial charge in [0.15, 0.2) is 0 Å². The second kappa shape index (κ2) is 8.94. The van der Waals surface area contributed by atoms with Gasteiger partial charge in [0.2, 0.25) is 0 Å². The number of carbonyl (C=O) groups excluding carboxylic acids is 1. The number of benzene rings is 2. The van der Waals surface area contributed by atoms with Crippen LogP contribution in [0.25, 0.3) is 0 Å². The number of nitrogens with one attached hydrogen (secondary N) is 1. The first-order valence-electron chi connectivity index (χ1n) is 8.63. The Labute approximate surface area is 162 Å². The standard InChI is InChI=1S/C19H20ClN3O4/c20-17-6-5-16(11-18(17)23(25)26)19(24)21-12-14-1-3-15(4-2-14)13-22-7-9-27-10-8-22/h1-6,11H,7-10,12-13H2,(H,21,24). The molecule has 7 nitrogen and oxygen atoms in total. The molecule has 0 saturated carbocycles. The topological polar surface area (TPSA) is 84.7 Å². The Morgan fingerprint density at radius 2 is 1.81 bits per heavy atom. The highest BCUT2D eigenvalue weighted by Crippen LogP contribution is 2.25. The van der Waals surface area contributed by atoms with Crippen LogP contribution in [0, 0.1) is 10.1 Å². The van der Waals surface area contributed by atoms with E-state index in [1.54, 1.807) is 0 Å². The highest BCUT2D eigenvalue weighted by atomic mass is 35.5. The number of nitro groups is 1. The monoisotopic (exact) mass is 389 g/mol. The van der Waals surface area contributed by atoms with Crippen LogP contribution in [0.15, 0.2) is 42.5 Å². The van der Waals surface area contributed by atoms with Crippen molar-refractivity contribution in [3.8, 4) is 0 Å². The largest absolute Gasteiger partial charge is 0.379 e. The summed E-state index contributed by atoms with van der Waals surface area (Å²) in [6.07, 6.45) is 0. The third-order valence-corrected chi connectivity index (χ3v) is 4.71. The molecule has 3 rings (SSSR count). The van der Waals surface area contributed by atoms with Gasteiger partial charge in [-0.2, -0.15) is 0 Å². The molecule has 1 heterocycles. The Balaban J connectivity index is 1.55. The Morgan fingerprint density at radius 1 is 1.15 bits per heavy atom. The van der Waals surface area contributed by atoms with E-state index in [0.717, 1.165) is 38.4 Å². The van der Waals surface area contributed by atoms with E-state index in [9.17, 15) is 14.9 Å². The molecule has 142 valence electrons. The lowest BCUT2D eigenvalue weighted by Gasteiger charge is -2.26. The van der Waals surface area contributed by atoms with Crippen LogP contribution >= 0.6 is 11.6 Å². The van der Waals surface area contributed by atoms with Crippen LogP contribution in [0.4, 0.5) is 5.69 Å². The smallest absolute Gasteiger partial charge is 0.288 e. The van der Waals surface area contributed by atoms with Crippen molar-refractivity contribution in [3.63, 3.8) is 0 Å². The van der Waals surface area contributed by atoms with Gasteiger partial charge in [-0.1, -0.05) is 35.9 Å². The number of rotatable bonds is 6. The van der Waals surface area contributed by atoms with Crippen LogP contribution in [0.1, 0.15) is 21.5 Å². The van der Waals surface area contributed by atoms with Gasteiger partial charge < -0.3 is 10.1 Å². The minimum atomic E-state index is -0.605. The fourth-order valence-electron chi connectivity index (χ4n) is 2.86. The molecule has 0 radical (unpaired) electrons. The maximum absolute atomic E-state index is 12.2. The molecule has 0 unspecified atom stereocenters. The van der Waals surface area contributed by atoms with Gasteiger partial charge in [0.05, 0.1) is 18.1 Å². The van der Waals surface area contributed by atoms with Gasteiger partial charge in [-0.25, -0.2) is 0 Å². The van der Waals surface area contributed by atoms with Crippen LogP contribution in [0.2, 0.25) is 5.02 Å². The first kappa shape index (κ1) is 19.3. The predicted octanol–water partition coefficient (Wildman–Crippen LogP) is 3.01. The number of hydrogen-bond acceptors (Lipinski definition) is 5. The molecule has 27 heavy (non-hydrogen) atoms. The van der Waals surface area contributed by atoms with Crippen LogP contribution in [0.3, 0.4) is 0 Å². The van der Waals surface area contributed by atoms with Gasteiger partial charge in [0.25, 0.3) is 11.6 Å². The zero-order chi connectivity index (χ0) is 19.2. The molecule has 0 atom stereocenters. The van der Waals surface area contributed by atoms with E-state index in [1.807, 2.05) is 24.3 Å². The lowest BCUT2D eigenvalue weighted by Crippen LogP contribution is -2.35. The molecule has 0 spiro atoms. The summed E-state index contributed by atoms with van der Waals surface area (Å²) in [7, 11) is 0. The Kier molecular flexibility index (Phi) is 6.39. The van der Waals surface area contributed by atoms with E-state index in [0.29, 0.717) is 6.54 Å². The van der Waals surface area contributed by atoms with Crippen molar-refractivity contribution < 1.29 is 14.5 Å². The summed E-state index contributed by atoms with van der Waals surface area (Å²) in [6, 6.07) is 12.0. The van der Waals surface area contributed by atoms with Gasteiger partial charge >= 0.3 is 0 Å².